The number of hydrogen-bond donors (Lipinski definition) is 1. The van der Waals surface area contributed by atoms with Gasteiger partial charge in [0.15, 0.2) is 0 Å². The number of anilines is 1. The first kappa shape index (κ1) is 12.5. The Hall–Kier alpha value is -1.95. The van der Waals surface area contributed by atoms with Crippen LogP contribution in [0, 0.1) is 6.92 Å². The number of aryl methyl sites for hydroxylation is 1. The van der Waals surface area contributed by atoms with E-state index in [-0.39, 0.29) is 0 Å². The number of pyridine rings is 1. The van der Waals surface area contributed by atoms with Crippen molar-refractivity contribution in [1.29, 1.82) is 0 Å². The van der Waals surface area contributed by atoms with E-state index < -0.39 is 5.97 Å². The summed E-state index contributed by atoms with van der Waals surface area (Å²) in [5, 5.41) is 4.13. The molecule has 1 N–H and O–H groups in total. The fraction of sp³-hybridized carbons (Fsp3) is 0.250. The number of thiazole rings is 1. The molecule has 0 saturated heterocycles. The van der Waals surface area contributed by atoms with Gasteiger partial charge in [-0.05, 0) is 19.1 Å². The molecule has 2 aromatic heterocycles. The molecule has 0 aliphatic heterocycles. The molecule has 18 heavy (non-hydrogen) atoms. The van der Waals surface area contributed by atoms with Gasteiger partial charge < -0.3 is 10.1 Å². The van der Waals surface area contributed by atoms with Crippen LogP contribution in [-0.4, -0.2) is 23.0 Å². The SMILES string of the molecule is COC(=O)c1cccnc1NCc1cnc(C)s1. The third-order valence-corrected chi connectivity index (χ3v) is 3.22. The molecule has 0 aliphatic carbocycles. The molecule has 2 heterocycles. The first-order valence-corrected chi connectivity index (χ1v) is 6.21. The topological polar surface area (TPSA) is 64.1 Å². The number of methoxy groups -OCH3 is 1. The lowest BCUT2D eigenvalue weighted by Gasteiger charge is -2.07. The predicted octanol–water partition coefficient (Wildman–Crippen LogP) is 2.25. The minimum atomic E-state index is -0.397. The van der Waals surface area contributed by atoms with E-state index in [1.165, 1.54) is 7.11 Å². The van der Waals surface area contributed by atoms with Crippen LogP contribution in [0.3, 0.4) is 0 Å². The maximum absolute atomic E-state index is 11.5. The second-order valence-corrected chi connectivity index (χ2v) is 4.91. The lowest BCUT2D eigenvalue weighted by atomic mass is 10.2. The zero-order valence-corrected chi connectivity index (χ0v) is 11.0. The van der Waals surface area contributed by atoms with Gasteiger partial charge in [0.05, 0.1) is 18.7 Å². The van der Waals surface area contributed by atoms with Crippen LogP contribution in [0.25, 0.3) is 0 Å². The summed E-state index contributed by atoms with van der Waals surface area (Å²) in [6, 6.07) is 3.38. The smallest absolute Gasteiger partial charge is 0.341 e. The number of nitrogens with one attached hydrogen (secondary N) is 1. The number of esters is 1. The van der Waals surface area contributed by atoms with Crippen LogP contribution in [0.15, 0.2) is 24.5 Å². The van der Waals surface area contributed by atoms with E-state index >= 15 is 0 Å². The molecule has 0 aliphatic rings. The van der Waals surface area contributed by atoms with Gasteiger partial charge in [-0.15, -0.1) is 11.3 Å². The Kier molecular flexibility index (Phi) is 3.88. The highest BCUT2D eigenvalue weighted by Gasteiger charge is 2.12. The molecule has 0 bridgehead atoms. The van der Waals surface area contributed by atoms with Gasteiger partial charge in [-0.25, -0.2) is 14.8 Å². The molecule has 6 heteroatoms. The quantitative estimate of drug-likeness (QED) is 0.857. The van der Waals surface area contributed by atoms with Crippen LogP contribution < -0.4 is 5.32 Å². The highest BCUT2D eigenvalue weighted by atomic mass is 32.1. The molecule has 0 saturated carbocycles. The molecule has 0 aromatic carbocycles. The van der Waals surface area contributed by atoms with Crippen molar-refractivity contribution < 1.29 is 9.53 Å². The second-order valence-electron chi connectivity index (χ2n) is 3.59. The molecule has 0 unspecified atom stereocenters. The summed E-state index contributed by atoms with van der Waals surface area (Å²) in [4.78, 5) is 20.9. The highest BCUT2D eigenvalue weighted by Crippen LogP contribution is 2.16. The molecule has 0 radical (unpaired) electrons. The van der Waals surface area contributed by atoms with Gasteiger partial charge in [-0.2, -0.15) is 0 Å². The maximum atomic E-state index is 11.5. The normalized spacial score (nSPS) is 10.1. The molecule has 5 nitrogen and oxygen atoms in total. The van der Waals surface area contributed by atoms with E-state index in [1.807, 2.05) is 13.1 Å². The molecule has 94 valence electrons. The van der Waals surface area contributed by atoms with Crippen molar-refractivity contribution >= 4 is 23.1 Å². The fourth-order valence-corrected chi connectivity index (χ4v) is 2.21. The van der Waals surface area contributed by atoms with Crippen LogP contribution in [0.2, 0.25) is 0 Å². The lowest BCUT2D eigenvalue weighted by Crippen LogP contribution is -2.09. The number of carbonyl (C=O) groups is 1. The number of hydrogen-bond acceptors (Lipinski definition) is 6. The molecular weight excluding hydrogens is 250 g/mol. The minimum absolute atomic E-state index is 0.397. The summed E-state index contributed by atoms with van der Waals surface area (Å²) in [6.45, 7) is 2.54. The van der Waals surface area contributed by atoms with Crippen molar-refractivity contribution in [1.82, 2.24) is 9.97 Å². The maximum Gasteiger partial charge on any atom is 0.341 e. The van der Waals surface area contributed by atoms with Crippen molar-refractivity contribution in [3.05, 3.63) is 40.0 Å². The molecule has 0 spiro atoms. The average molecular weight is 263 g/mol. The predicted molar refractivity (Wildman–Crippen MR) is 69.8 cm³/mol. The van der Waals surface area contributed by atoms with Gasteiger partial charge in [0.1, 0.15) is 11.4 Å². The van der Waals surface area contributed by atoms with Crippen LogP contribution in [0.5, 0.6) is 0 Å². The van der Waals surface area contributed by atoms with E-state index in [4.69, 9.17) is 4.74 Å². The second kappa shape index (κ2) is 5.59. The summed E-state index contributed by atoms with van der Waals surface area (Å²) in [5.41, 5.74) is 0.432. The van der Waals surface area contributed by atoms with E-state index in [9.17, 15) is 4.79 Å². The third-order valence-electron chi connectivity index (χ3n) is 2.31. The Labute approximate surface area is 109 Å². The summed E-state index contributed by atoms with van der Waals surface area (Å²) < 4.78 is 4.70. The average Bonchev–Trinajstić information content (AvgIpc) is 2.81. The lowest BCUT2D eigenvalue weighted by molar-refractivity contribution is 0.0601. The Balaban J connectivity index is 2.11. The van der Waals surface area contributed by atoms with E-state index in [1.54, 1.807) is 29.7 Å². The van der Waals surface area contributed by atoms with Crippen molar-refractivity contribution in [3.63, 3.8) is 0 Å². The van der Waals surface area contributed by atoms with Gasteiger partial charge in [0.25, 0.3) is 0 Å². The number of carbonyl (C=O) groups excluding carboxylic acids is 1. The summed E-state index contributed by atoms with van der Waals surface area (Å²) in [5.74, 6) is 0.126. The molecule has 2 rings (SSSR count). The Morgan fingerprint density at radius 3 is 3.00 bits per heavy atom. The summed E-state index contributed by atoms with van der Waals surface area (Å²) >= 11 is 1.61. The third kappa shape index (κ3) is 2.84. The first-order valence-electron chi connectivity index (χ1n) is 5.39. The van der Waals surface area contributed by atoms with Gasteiger partial charge in [-0.1, -0.05) is 0 Å². The van der Waals surface area contributed by atoms with Crippen LogP contribution in [-0.2, 0) is 11.3 Å². The van der Waals surface area contributed by atoms with Gasteiger partial charge in [0.2, 0.25) is 0 Å². The number of nitrogens with zero attached hydrogens (tertiary/aromatic N) is 2. The largest absolute Gasteiger partial charge is 0.465 e. The van der Waals surface area contributed by atoms with Crippen molar-refractivity contribution in [2.45, 2.75) is 13.5 Å². The standard InChI is InChI=1S/C12H13N3O2S/c1-8-14-6-9(18-8)7-15-11-10(12(16)17-2)4-3-5-13-11/h3-6H,7H2,1-2H3,(H,13,15). The Morgan fingerprint density at radius 2 is 2.33 bits per heavy atom. The zero-order chi connectivity index (χ0) is 13.0. The van der Waals surface area contributed by atoms with Crippen molar-refractivity contribution in [2.24, 2.45) is 0 Å². The number of aromatic nitrogens is 2. The summed E-state index contributed by atoms with van der Waals surface area (Å²) in [7, 11) is 1.35. The Morgan fingerprint density at radius 1 is 1.50 bits per heavy atom. The zero-order valence-electron chi connectivity index (χ0n) is 10.1. The van der Waals surface area contributed by atoms with Crippen molar-refractivity contribution in [3.8, 4) is 0 Å². The number of rotatable bonds is 4. The van der Waals surface area contributed by atoms with Crippen LogP contribution >= 0.6 is 11.3 Å². The van der Waals surface area contributed by atoms with Crippen molar-refractivity contribution in [2.75, 3.05) is 12.4 Å². The number of ether oxygens (including phenoxy) is 1. The Bertz CT molecular complexity index is 554. The van der Waals surface area contributed by atoms with Gasteiger partial charge in [-0.3, -0.25) is 0 Å². The van der Waals surface area contributed by atoms with E-state index in [0.29, 0.717) is 17.9 Å². The molecule has 0 fully saturated rings. The fourth-order valence-electron chi connectivity index (χ4n) is 1.48. The monoisotopic (exact) mass is 263 g/mol. The molecule has 0 atom stereocenters. The van der Waals surface area contributed by atoms with E-state index in [0.717, 1.165) is 9.88 Å². The molecule has 2 aromatic rings. The first-order chi connectivity index (χ1) is 8.70. The van der Waals surface area contributed by atoms with Crippen LogP contribution in [0.1, 0.15) is 20.2 Å². The van der Waals surface area contributed by atoms with E-state index in [2.05, 4.69) is 15.3 Å². The highest BCUT2D eigenvalue weighted by molar-refractivity contribution is 7.11. The van der Waals surface area contributed by atoms with Gasteiger partial charge >= 0.3 is 5.97 Å². The van der Waals surface area contributed by atoms with Crippen LogP contribution in [0.4, 0.5) is 5.82 Å². The molecular formula is C12H13N3O2S. The molecule has 0 amide bonds. The minimum Gasteiger partial charge on any atom is -0.465 e. The van der Waals surface area contributed by atoms with Gasteiger partial charge in [0, 0.05) is 17.3 Å². The summed E-state index contributed by atoms with van der Waals surface area (Å²) in [6.07, 6.45) is 3.44.